The van der Waals surface area contributed by atoms with Gasteiger partial charge in [-0.15, -0.1) is 0 Å². The summed E-state index contributed by atoms with van der Waals surface area (Å²) in [6, 6.07) is 3.83. The van der Waals surface area contributed by atoms with Crippen molar-refractivity contribution < 1.29 is 28.7 Å². The third-order valence-electron chi connectivity index (χ3n) is 5.49. The number of fused-ring (bicyclic) bond motifs is 1. The summed E-state index contributed by atoms with van der Waals surface area (Å²) in [5, 5.41) is 2.18. The average Bonchev–Trinajstić information content (AvgIpc) is 2.88. The highest BCUT2D eigenvalue weighted by Gasteiger charge is 2.45. The number of imide groups is 2. The lowest BCUT2D eigenvalue weighted by molar-refractivity contribution is -0.136. The van der Waals surface area contributed by atoms with E-state index in [0.29, 0.717) is 18.3 Å². The Bertz CT molecular complexity index is 832. The molecule has 1 unspecified atom stereocenters. The first-order valence-electron chi connectivity index (χ1n) is 9.61. The lowest BCUT2D eigenvalue weighted by Gasteiger charge is -2.27. The van der Waals surface area contributed by atoms with Crippen molar-refractivity contribution in [3.05, 3.63) is 29.3 Å². The molecule has 1 aliphatic carbocycles. The zero-order valence-corrected chi connectivity index (χ0v) is 15.4. The van der Waals surface area contributed by atoms with E-state index in [0.717, 1.165) is 11.5 Å². The molecule has 3 aliphatic rings. The summed E-state index contributed by atoms with van der Waals surface area (Å²) in [6.07, 6.45) is 3.90. The largest absolute Gasteiger partial charge is 0.490 e. The van der Waals surface area contributed by atoms with Gasteiger partial charge in [0, 0.05) is 13.0 Å². The molecule has 1 aromatic carbocycles. The van der Waals surface area contributed by atoms with E-state index in [1.165, 1.54) is 19.3 Å². The van der Waals surface area contributed by atoms with Gasteiger partial charge in [0.1, 0.15) is 18.4 Å². The van der Waals surface area contributed by atoms with Gasteiger partial charge >= 0.3 is 0 Å². The van der Waals surface area contributed by atoms with Gasteiger partial charge in [-0.1, -0.05) is 12.5 Å². The van der Waals surface area contributed by atoms with Crippen molar-refractivity contribution in [1.29, 1.82) is 0 Å². The molecule has 28 heavy (non-hydrogen) atoms. The minimum absolute atomic E-state index is 0.0888. The summed E-state index contributed by atoms with van der Waals surface area (Å²) in [4.78, 5) is 50.1. The summed E-state index contributed by atoms with van der Waals surface area (Å²) < 4.78 is 11.3. The van der Waals surface area contributed by atoms with Crippen LogP contribution < -0.4 is 10.1 Å². The molecule has 4 amide bonds. The van der Waals surface area contributed by atoms with Crippen LogP contribution in [0.15, 0.2) is 18.2 Å². The first-order valence-corrected chi connectivity index (χ1v) is 9.61. The van der Waals surface area contributed by atoms with Gasteiger partial charge in [-0.3, -0.25) is 29.4 Å². The summed E-state index contributed by atoms with van der Waals surface area (Å²) in [5.41, 5.74) is 0.374. The van der Waals surface area contributed by atoms with E-state index in [1.807, 2.05) is 0 Å². The van der Waals surface area contributed by atoms with E-state index in [-0.39, 0.29) is 30.6 Å². The topological polar surface area (TPSA) is 102 Å². The summed E-state index contributed by atoms with van der Waals surface area (Å²) in [5.74, 6) is -1.19. The number of rotatable bonds is 7. The molecule has 4 rings (SSSR count). The van der Waals surface area contributed by atoms with E-state index in [1.54, 1.807) is 18.2 Å². The van der Waals surface area contributed by atoms with Gasteiger partial charge in [-0.25, -0.2) is 0 Å². The first kappa shape index (κ1) is 18.6. The maximum atomic E-state index is 12.9. The molecule has 148 valence electrons. The highest BCUT2D eigenvalue weighted by atomic mass is 16.5. The van der Waals surface area contributed by atoms with E-state index in [4.69, 9.17) is 9.47 Å². The second-order valence-corrected chi connectivity index (χ2v) is 7.35. The number of nitrogens with one attached hydrogen (secondary N) is 1. The Kier molecular flexibility index (Phi) is 5.13. The van der Waals surface area contributed by atoms with E-state index >= 15 is 0 Å². The van der Waals surface area contributed by atoms with Crippen molar-refractivity contribution in [3.8, 4) is 5.75 Å². The second kappa shape index (κ2) is 7.71. The third-order valence-corrected chi connectivity index (χ3v) is 5.49. The van der Waals surface area contributed by atoms with Crippen molar-refractivity contribution in [2.45, 2.75) is 38.1 Å². The predicted octanol–water partition coefficient (Wildman–Crippen LogP) is 1.28. The molecule has 8 nitrogen and oxygen atoms in total. The molecule has 1 N–H and O–H groups in total. The van der Waals surface area contributed by atoms with Gasteiger partial charge < -0.3 is 9.47 Å². The molecule has 0 aromatic heterocycles. The van der Waals surface area contributed by atoms with Crippen LogP contribution in [0.25, 0.3) is 0 Å². The highest BCUT2D eigenvalue weighted by molar-refractivity contribution is 6.24. The fraction of sp³-hybridized carbons (Fsp3) is 0.500. The van der Waals surface area contributed by atoms with Crippen LogP contribution in [0.4, 0.5) is 0 Å². The molecule has 1 atom stereocenters. The normalized spacial score (nSPS) is 22.1. The molecule has 2 heterocycles. The number of hydrogen-bond donors (Lipinski definition) is 1. The maximum Gasteiger partial charge on any atom is 0.266 e. The summed E-state index contributed by atoms with van der Waals surface area (Å²) in [7, 11) is 0. The SMILES string of the molecule is O=C1CCC(N2C(=O)c3cccc(OCCOCC4CCC4)c3C2=O)C(=O)N1. The minimum atomic E-state index is -0.983. The molecule has 1 saturated heterocycles. The first-order chi connectivity index (χ1) is 13.6. The zero-order chi connectivity index (χ0) is 19.7. The van der Waals surface area contributed by atoms with Crippen molar-refractivity contribution in [1.82, 2.24) is 10.2 Å². The monoisotopic (exact) mass is 386 g/mol. The minimum Gasteiger partial charge on any atom is -0.490 e. The van der Waals surface area contributed by atoms with Crippen LogP contribution in [0.2, 0.25) is 0 Å². The molecule has 0 spiro atoms. The quantitative estimate of drug-likeness (QED) is 0.560. The van der Waals surface area contributed by atoms with Crippen molar-refractivity contribution in [3.63, 3.8) is 0 Å². The van der Waals surface area contributed by atoms with Gasteiger partial charge in [0.05, 0.1) is 17.7 Å². The van der Waals surface area contributed by atoms with Crippen LogP contribution in [0.1, 0.15) is 52.8 Å². The fourth-order valence-electron chi connectivity index (χ4n) is 3.72. The number of benzene rings is 1. The van der Waals surface area contributed by atoms with Crippen LogP contribution in [0.3, 0.4) is 0 Å². The van der Waals surface area contributed by atoms with Crippen molar-refractivity contribution >= 4 is 23.6 Å². The Balaban J connectivity index is 1.43. The van der Waals surface area contributed by atoms with E-state index in [9.17, 15) is 19.2 Å². The second-order valence-electron chi connectivity index (χ2n) is 7.35. The van der Waals surface area contributed by atoms with Crippen LogP contribution in [0.5, 0.6) is 5.75 Å². The Morgan fingerprint density at radius 3 is 2.57 bits per heavy atom. The van der Waals surface area contributed by atoms with Gasteiger partial charge in [-0.05, 0) is 37.3 Å². The molecular weight excluding hydrogens is 364 g/mol. The predicted molar refractivity (Wildman–Crippen MR) is 96.8 cm³/mol. The fourth-order valence-corrected chi connectivity index (χ4v) is 3.72. The number of amides is 4. The Morgan fingerprint density at radius 2 is 1.86 bits per heavy atom. The molecule has 2 aliphatic heterocycles. The lowest BCUT2D eigenvalue weighted by Crippen LogP contribution is -2.54. The molecule has 1 saturated carbocycles. The average molecular weight is 386 g/mol. The highest BCUT2D eigenvalue weighted by Crippen LogP contribution is 2.33. The third kappa shape index (κ3) is 3.40. The maximum absolute atomic E-state index is 12.9. The molecule has 8 heteroatoms. The molecule has 0 radical (unpaired) electrons. The molecule has 1 aromatic rings. The summed E-state index contributed by atoms with van der Waals surface area (Å²) in [6.45, 7) is 1.39. The van der Waals surface area contributed by atoms with Crippen molar-refractivity contribution in [2.75, 3.05) is 19.8 Å². The van der Waals surface area contributed by atoms with Gasteiger partial charge in [0.25, 0.3) is 11.8 Å². The van der Waals surface area contributed by atoms with E-state index in [2.05, 4.69) is 5.32 Å². The number of nitrogens with zero attached hydrogens (tertiary/aromatic N) is 1. The zero-order valence-electron chi connectivity index (χ0n) is 15.4. The molecule has 2 fully saturated rings. The number of ether oxygens (including phenoxy) is 2. The smallest absolute Gasteiger partial charge is 0.266 e. The van der Waals surface area contributed by atoms with Gasteiger partial charge in [-0.2, -0.15) is 0 Å². The van der Waals surface area contributed by atoms with Gasteiger partial charge in [0.2, 0.25) is 11.8 Å². The summed E-state index contributed by atoms with van der Waals surface area (Å²) >= 11 is 0. The van der Waals surface area contributed by atoms with Crippen LogP contribution in [0, 0.1) is 5.92 Å². The number of hydrogen-bond acceptors (Lipinski definition) is 6. The molecular formula is C20H22N2O6. The number of carbonyl (C=O) groups excluding carboxylic acids is 4. The lowest BCUT2D eigenvalue weighted by atomic mass is 9.86. The van der Waals surface area contributed by atoms with Crippen LogP contribution >= 0.6 is 0 Å². The van der Waals surface area contributed by atoms with Gasteiger partial charge in [0.15, 0.2) is 0 Å². The Hall–Kier alpha value is -2.74. The number of carbonyl (C=O) groups is 4. The Labute approximate surface area is 162 Å². The Morgan fingerprint density at radius 1 is 1.04 bits per heavy atom. The van der Waals surface area contributed by atoms with Crippen LogP contribution in [-0.2, 0) is 14.3 Å². The number of piperidine rings is 1. The van der Waals surface area contributed by atoms with E-state index < -0.39 is 29.7 Å². The molecule has 0 bridgehead atoms. The van der Waals surface area contributed by atoms with Crippen molar-refractivity contribution in [2.24, 2.45) is 5.92 Å². The van der Waals surface area contributed by atoms with Crippen LogP contribution in [-0.4, -0.2) is 54.4 Å². The standard InChI is InChI=1S/C20H22N2O6/c23-16-8-7-14(18(24)21-16)22-19(25)13-5-2-6-15(17(13)20(22)26)28-10-9-27-11-12-3-1-4-12/h2,5-6,12,14H,1,3-4,7-11H2,(H,21,23,24).